The summed E-state index contributed by atoms with van der Waals surface area (Å²) < 4.78 is 61.4. The van der Waals surface area contributed by atoms with Gasteiger partial charge >= 0.3 is 30.8 Å². The van der Waals surface area contributed by atoms with Gasteiger partial charge in [-0.15, -0.1) is 12.4 Å². The fourth-order valence-corrected chi connectivity index (χ4v) is 17.1. The van der Waals surface area contributed by atoms with Crippen LogP contribution in [0, 0.1) is 24.9 Å². The number of hydrogen-bond donors (Lipinski definition) is 8. The van der Waals surface area contributed by atoms with Crippen molar-refractivity contribution in [1.82, 2.24) is 79.5 Å². The van der Waals surface area contributed by atoms with E-state index in [4.69, 9.17) is 31.6 Å². The van der Waals surface area contributed by atoms with E-state index in [1.165, 1.54) is 73.4 Å². The van der Waals surface area contributed by atoms with Crippen LogP contribution in [0.3, 0.4) is 0 Å². The van der Waals surface area contributed by atoms with Gasteiger partial charge in [0.25, 0.3) is 0 Å². The maximum atomic E-state index is 15.5. The van der Waals surface area contributed by atoms with Crippen LogP contribution in [0.15, 0.2) is 147 Å². The van der Waals surface area contributed by atoms with Crippen molar-refractivity contribution in [1.29, 1.82) is 0 Å². The molecule has 0 unspecified atom stereocenters. The number of halogens is 5. The first-order chi connectivity index (χ1) is 60.1. The van der Waals surface area contributed by atoms with Crippen molar-refractivity contribution < 1.29 is 71.5 Å². The van der Waals surface area contributed by atoms with Crippen molar-refractivity contribution in [2.24, 2.45) is 0 Å². The predicted molar refractivity (Wildman–Crippen MR) is 498 cm³/mol. The molecule has 0 spiro atoms. The molecule has 9 aromatic heterocycles. The first kappa shape index (κ1) is 99.3. The van der Waals surface area contributed by atoms with E-state index in [9.17, 15) is 30.0 Å². The second-order valence-corrected chi connectivity index (χ2v) is 31.3. The summed E-state index contributed by atoms with van der Waals surface area (Å²) >= 11 is 5.39. The minimum Gasteiger partial charge on any atom is -0.465 e. The molecule has 18 rings (SSSR count). The van der Waals surface area contributed by atoms with Crippen LogP contribution in [0.2, 0.25) is 5.28 Å². The van der Waals surface area contributed by atoms with E-state index in [0.29, 0.717) is 90.7 Å². The molecule has 0 amide bonds. The molecular formula is C97H110Cl2F3LiN18O8. The van der Waals surface area contributed by atoms with Crippen LogP contribution in [0.4, 0.5) is 25.1 Å². The number of rotatable bonds is 20. The largest absolute Gasteiger partial charge is 1.00 e. The van der Waals surface area contributed by atoms with Crippen molar-refractivity contribution in [2.45, 2.75) is 173 Å². The zero-order valence-electron chi connectivity index (χ0n) is 73.2. The van der Waals surface area contributed by atoms with Gasteiger partial charge in [-0.05, 0) is 134 Å². The normalized spacial score (nSPS) is 12.6. The minimum absolute atomic E-state index is 0. The number of fused-ring (bicyclic) bond motifs is 6. The van der Waals surface area contributed by atoms with Crippen molar-refractivity contribution in [2.75, 3.05) is 43.7 Å². The van der Waals surface area contributed by atoms with Crippen LogP contribution >= 0.6 is 24.0 Å². The second kappa shape index (κ2) is 43.0. The molecule has 0 aliphatic carbocycles. The summed E-state index contributed by atoms with van der Waals surface area (Å²) in [6, 6.07) is 29.4. The number of aromatic amines is 3. The number of nitrogens with zero attached hydrogens (tertiary/aromatic N) is 14. The molecule has 0 radical (unpaired) electrons. The van der Waals surface area contributed by atoms with Gasteiger partial charge in [0, 0.05) is 186 Å². The van der Waals surface area contributed by atoms with Crippen LogP contribution < -0.4 is 34.0 Å². The third-order valence-electron chi connectivity index (χ3n) is 23.5. The molecular weight excluding hydrogens is 1680 g/mol. The van der Waals surface area contributed by atoms with Crippen LogP contribution in [0.25, 0.3) is 83.5 Å². The molecule has 8 N–H and O–H groups in total. The summed E-state index contributed by atoms with van der Waals surface area (Å²) in [6.07, 6.45) is 21.5. The molecule has 672 valence electrons. The number of nitrogens with one attached hydrogen (secondary N) is 4. The van der Waals surface area contributed by atoms with E-state index in [-0.39, 0.29) is 87.7 Å². The standard InChI is InChI=1S/C32H35FN6O2.C31H31FN6O3.C25H27FN4O.C6H5ClN2O2.2CH4.CH3.ClH.Li/c1-5-19-8-7-9-20(6-2)29(19)39-30(23-14-26(33)25(18-40)28-22(23)10-12-34-28)24-17-38(13-11-27(24)37-39)31-35-15-21(16-36-31)32(3,4)41;1-4-18-7-6-8-19(5-2)28(18)38-29(22-13-25(32)24(17-39)27-21(22)9-11-33-27)23-16-37(12-10-26(23)36-38)31-34-14-20(15-35-31)30(40)41-3;1-3-15-6-5-7-16(4-2)24(15)30-25(19-13-27-10-9-22(19)29-30)18-12-21(26)20(14-31)23-17(18)8-11-28-23;1-11-5(10)4-2-8-6(7)9-3-4;;;;;/h7-10,12,14-16,34,40-41H,5-6,11,13,17-18H2,1-4H3;6-9,11,13-15,33,39H,4-5,10,12,16-17H2,1-3H3;5-8,11-12,27-28,31H,3-4,9-10,13-14H2,1-2H3;2-3H,1H3;2*1H4;1H3;1H;/q;;;;;;-1;;+1. The van der Waals surface area contributed by atoms with E-state index in [0.717, 1.165) is 158 Å². The monoisotopic (exact) mass is 1790 g/mol. The van der Waals surface area contributed by atoms with Crippen molar-refractivity contribution in [3.05, 3.63) is 277 Å². The molecule has 3 aliphatic heterocycles. The predicted octanol–water partition coefficient (Wildman–Crippen LogP) is 14.8. The average molecular weight is 1790 g/mol. The van der Waals surface area contributed by atoms with Crippen molar-refractivity contribution >= 4 is 80.6 Å². The molecule has 0 saturated carbocycles. The number of aliphatic hydroxyl groups excluding tert-OH is 3. The van der Waals surface area contributed by atoms with E-state index in [1.807, 2.05) is 32.5 Å². The van der Waals surface area contributed by atoms with Crippen molar-refractivity contribution in [3.63, 3.8) is 0 Å². The number of hydrogen-bond acceptors (Lipinski definition) is 20. The summed E-state index contributed by atoms with van der Waals surface area (Å²) in [5.74, 6) is -1.26. The molecule has 0 bridgehead atoms. The fourth-order valence-electron chi connectivity index (χ4n) is 17.0. The molecule has 32 heteroatoms. The Labute approximate surface area is 771 Å². The van der Waals surface area contributed by atoms with Gasteiger partial charge < -0.3 is 67.4 Å². The van der Waals surface area contributed by atoms with Gasteiger partial charge in [-0.2, -0.15) is 15.3 Å². The maximum Gasteiger partial charge on any atom is 1.00 e. The maximum absolute atomic E-state index is 15.5. The molecule has 129 heavy (non-hydrogen) atoms. The molecule has 6 aromatic carbocycles. The average Bonchev–Trinajstić information content (AvgIpc) is 1.60. The summed E-state index contributed by atoms with van der Waals surface area (Å²) in [5.41, 5.74) is 23.9. The summed E-state index contributed by atoms with van der Waals surface area (Å²) in [6.45, 7) is 18.9. The third kappa shape index (κ3) is 19.4. The Kier molecular flexibility index (Phi) is 33.1. The number of benzene rings is 6. The topological polar surface area (TPSA) is 330 Å². The summed E-state index contributed by atoms with van der Waals surface area (Å²) in [7, 11) is 2.61. The first-order valence-electron chi connectivity index (χ1n) is 41.7. The molecule has 12 heterocycles. The second-order valence-electron chi connectivity index (χ2n) is 31.0. The Bertz CT molecular complexity index is 6400. The number of ether oxygens (including phenoxy) is 2. The van der Waals surface area contributed by atoms with Gasteiger partial charge in [-0.3, -0.25) is 0 Å². The Morgan fingerprint density at radius 3 is 1.10 bits per heavy atom. The molecule has 15 aromatic rings. The quantitative estimate of drug-likeness (QED) is 0.0152. The summed E-state index contributed by atoms with van der Waals surface area (Å²) in [4.78, 5) is 61.4. The SMILES string of the molecule is C.C.CCc1cccc(CC)c1-n1nc2c(c1-c1cc(F)c(CO)c3[nH]ccc13)CN(c1ncc(C(=O)OC)cn1)CC2.CCc1cccc(CC)c1-n1nc2c(c1-c1cc(F)c(CO)c3[nH]ccc13)CN(c1ncc(C(C)(C)O)cn1)CC2.CCc1cccc(CC)c1-n1nc2c(c1-c1cc(F)c(CO)c3[nH]ccc13)CNCC2.COC(=O)c1cnc(Cl)nc1.Cl.[CH3-].[Li+]. The molecule has 26 nitrogen and oxygen atoms in total. The molecule has 0 atom stereocenters. The number of aliphatic hydroxyl groups is 4. The van der Waals surface area contributed by atoms with E-state index in [1.54, 1.807) is 50.9 Å². The van der Waals surface area contributed by atoms with Gasteiger partial charge in [0.2, 0.25) is 17.2 Å². The first-order valence-corrected chi connectivity index (χ1v) is 42.1. The number of para-hydroxylation sites is 3. The number of aryl methyl sites for hydroxylation is 6. The number of anilines is 2. The molecule has 3 aliphatic rings. The Morgan fingerprint density at radius 1 is 0.481 bits per heavy atom. The zero-order chi connectivity index (χ0) is 87.4. The van der Waals surface area contributed by atoms with E-state index in [2.05, 4.69) is 161 Å². The number of aromatic nitrogens is 15. The number of esters is 2. The zero-order valence-corrected chi connectivity index (χ0v) is 74.8. The molecule has 0 saturated heterocycles. The van der Waals surface area contributed by atoms with Crippen LogP contribution in [0.5, 0.6) is 0 Å². The Balaban J connectivity index is 0.000000188. The Hall–Kier alpha value is -11.9. The third-order valence-corrected chi connectivity index (χ3v) is 23.6. The summed E-state index contributed by atoms with van der Waals surface area (Å²) in [5, 5.41) is 61.5. The van der Waals surface area contributed by atoms with Gasteiger partial charge in [0.05, 0.1) is 119 Å². The number of carbonyl (C=O) groups is 2. The molecule has 0 fully saturated rings. The van der Waals surface area contributed by atoms with Crippen LogP contribution in [-0.4, -0.2) is 140 Å². The number of H-pyrrole nitrogens is 3. The van der Waals surface area contributed by atoms with Crippen LogP contribution in [-0.2, 0) is 112 Å². The smallest absolute Gasteiger partial charge is 0.465 e. The van der Waals surface area contributed by atoms with E-state index < -0.39 is 48.2 Å². The van der Waals surface area contributed by atoms with Gasteiger partial charge in [0.15, 0.2) is 0 Å². The number of carbonyl (C=O) groups excluding carboxylic acids is 2. The van der Waals surface area contributed by atoms with Gasteiger partial charge in [-0.1, -0.05) is 111 Å². The minimum atomic E-state index is -1.03. The van der Waals surface area contributed by atoms with E-state index >= 15 is 13.2 Å². The van der Waals surface area contributed by atoms with Gasteiger partial charge in [0.1, 0.15) is 17.5 Å². The fraction of sp³-hybridized carbons (Fsp3) is 0.320. The van der Waals surface area contributed by atoms with Crippen LogP contribution in [0.1, 0.15) is 180 Å². The Morgan fingerprint density at radius 2 is 0.791 bits per heavy atom. The van der Waals surface area contributed by atoms with Gasteiger partial charge in [-0.25, -0.2) is 66.7 Å². The number of methoxy groups -OCH3 is 2. The van der Waals surface area contributed by atoms with Crippen molar-refractivity contribution in [3.8, 4) is 50.8 Å².